The summed E-state index contributed by atoms with van der Waals surface area (Å²) in [5.74, 6) is 0. The van der Waals surface area contributed by atoms with Crippen molar-refractivity contribution in [1.82, 2.24) is 0 Å². The summed E-state index contributed by atoms with van der Waals surface area (Å²) in [6.07, 6.45) is 0.433. The van der Waals surface area contributed by atoms with Crippen molar-refractivity contribution in [3.8, 4) is 6.07 Å². The summed E-state index contributed by atoms with van der Waals surface area (Å²) in [6, 6.07) is 6.30. The highest BCUT2D eigenvalue weighted by molar-refractivity contribution is 14.1. The Morgan fingerprint density at radius 1 is 1.57 bits per heavy atom. The molecule has 0 aliphatic carbocycles. The van der Waals surface area contributed by atoms with Crippen molar-refractivity contribution in [3.05, 3.63) is 26.6 Å². The zero-order valence-electron chi connectivity index (χ0n) is 7.12. The van der Waals surface area contributed by atoms with Crippen LogP contribution in [0.25, 0.3) is 10.1 Å². The Morgan fingerprint density at radius 2 is 2.36 bits per heavy atom. The van der Waals surface area contributed by atoms with Crippen molar-refractivity contribution in [1.29, 1.82) is 5.26 Å². The highest BCUT2D eigenvalue weighted by Crippen LogP contribution is 2.32. The van der Waals surface area contributed by atoms with Gasteiger partial charge in [0.15, 0.2) is 0 Å². The van der Waals surface area contributed by atoms with Gasteiger partial charge in [0.1, 0.15) is 0 Å². The summed E-state index contributed by atoms with van der Waals surface area (Å²) in [4.78, 5) is 0.922. The molecule has 0 amide bonds. The standard InChI is InChI=1S/C10H6INS2/c11-10-6(1-3-12)8(13)5-9-7(10)2-4-14-9/h2,4-5,13H,1H2. The quantitative estimate of drug-likeness (QED) is 0.623. The van der Waals surface area contributed by atoms with E-state index >= 15 is 0 Å². The number of fused-ring (bicyclic) bond motifs is 1. The maximum absolute atomic E-state index is 8.71. The Balaban J connectivity index is 2.77. The van der Waals surface area contributed by atoms with Crippen molar-refractivity contribution < 1.29 is 0 Å². The first kappa shape index (κ1) is 10.3. The molecular formula is C10H6INS2. The highest BCUT2D eigenvalue weighted by atomic mass is 127. The fraction of sp³-hybridized carbons (Fsp3) is 0.100. The van der Waals surface area contributed by atoms with Gasteiger partial charge in [-0.05, 0) is 45.7 Å². The first-order valence-electron chi connectivity index (χ1n) is 3.98. The molecule has 2 rings (SSSR count). The maximum atomic E-state index is 8.71. The number of benzene rings is 1. The van der Waals surface area contributed by atoms with Gasteiger partial charge in [-0.3, -0.25) is 0 Å². The third-order valence-corrected chi connectivity index (χ3v) is 4.52. The number of hydrogen-bond donors (Lipinski definition) is 1. The SMILES string of the molecule is N#CCc1c(S)cc2sccc2c1I. The van der Waals surface area contributed by atoms with Gasteiger partial charge >= 0.3 is 0 Å². The van der Waals surface area contributed by atoms with Crippen LogP contribution in [0.3, 0.4) is 0 Å². The third-order valence-electron chi connectivity index (χ3n) is 2.03. The second-order valence-corrected chi connectivity index (χ2v) is 5.36. The molecule has 0 saturated carbocycles. The second kappa shape index (κ2) is 4.09. The molecule has 0 saturated heterocycles. The maximum Gasteiger partial charge on any atom is 0.0670 e. The van der Waals surface area contributed by atoms with E-state index < -0.39 is 0 Å². The van der Waals surface area contributed by atoms with E-state index in [-0.39, 0.29) is 0 Å². The molecule has 4 heteroatoms. The van der Waals surface area contributed by atoms with E-state index in [0.717, 1.165) is 14.0 Å². The summed E-state index contributed by atoms with van der Waals surface area (Å²) in [5.41, 5.74) is 1.04. The lowest BCUT2D eigenvalue weighted by Gasteiger charge is -2.05. The predicted molar refractivity (Wildman–Crippen MR) is 71.1 cm³/mol. The molecule has 0 spiro atoms. The van der Waals surface area contributed by atoms with Gasteiger partial charge in [-0.1, -0.05) is 0 Å². The van der Waals surface area contributed by atoms with E-state index in [9.17, 15) is 0 Å². The van der Waals surface area contributed by atoms with Crippen molar-refractivity contribution in [3.63, 3.8) is 0 Å². The summed E-state index contributed by atoms with van der Waals surface area (Å²) < 4.78 is 2.40. The van der Waals surface area contributed by atoms with Crippen LogP contribution in [-0.4, -0.2) is 0 Å². The molecule has 1 aromatic heterocycles. The average Bonchev–Trinajstić information content (AvgIpc) is 2.60. The lowest BCUT2D eigenvalue weighted by atomic mass is 10.1. The van der Waals surface area contributed by atoms with E-state index in [1.807, 2.05) is 6.07 Å². The van der Waals surface area contributed by atoms with Gasteiger partial charge in [0.25, 0.3) is 0 Å². The molecule has 1 aromatic carbocycles. The molecule has 0 unspecified atom stereocenters. The zero-order chi connectivity index (χ0) is 10.1. The molecule has 0 fully saturated rings. The lowest BCUT2D eigenvalue weighted by molar-refractivity contribution is 1.18. The minimum absolute atomic E-state index is 0.433. The van der Waals surface area contributed by atoms with E-state index in [4.69, 9.17) is 5.26 Å². The Kier molecular flexibility index (Phi) is 3.00. The Labute approximate surface area is 105 Å². The average molecular weight is 331 g/mol. The molecule has 70 valence electrons. The minimum Gasteiger partial charge on any atom is -0.198 e. The number of rotatable bonds is 1. The Bertz CT molecular complexity index is 525. The van der Waals surface area contributed by atoms with E-state index in [2.05, 4.69) is 52.7 Å². The van der Waals surface area contributed by atoms with Gasteiger partial charge in [-0.25, -0.2) is 0 Å². The second-order valence-electron chi connectivity index (χ2n) is 2.86. The lowest BCUT2D eigenvalue weighted by Crippen LogP contribution is -1.89. The van der Waals surface area contributed by atoms with Crippen molar-refractivity contribution >= 4 is 56.6 Å². The van der Waals surface area contributed by atoms with Gasteiger partial charge < -0.3 is 0 Å². The minimum atomic E-state index is 0.433. The molecule has 0 radical (unpaired) electrons. The molecule has 0 atom stereocenters. The molecule has 14 heavy (non-hydrogen) atoms. The van der Waals surface area contributed by atoms with Crippen LogP contribution < -0.4 is 0 Å². The molecule has 0 aliphatic heterocycles. The topological polar surface area (TPSA) is 23.8 Å². The number of thiophene rings is 1. The first-order chi connectivity index (χ1) is 6.74. The summed E-state index contributed by atoms with van der Waals surface area (Å²) in [5, 5.41) is 12.0. The van der Waals surface area contributed by atoms with Gasteiger partial charge in [0.2, 0.25) is 0 Å². The van der Waals surface area contributed by atoms with Crippen LogP contribution in [0, 0.1) is 14.9 Å². The van der Waals surface area contributed by atoms with Crippen LogP contribution >= 0.6 is 46.6 Å². The van der Waals surface area contributed by atoms with Crippen LogP contribution in [0.2, 0.25) is 0 Å². The fourth-order valence-electron chi connectivity index (χ4n) is 1.35. The summed E-state index contributed by atoms with van der Waals surface area (Å²) in [6.45, 7) is 0. The number of halogens is 1. The van der Waals surface area contributed by atoms with Crippen molar-refractivity contribution in [2.45, 2.75) is 11.3 Å². The third kappa shape index (κ3) is 1.64. The molecule has 0 N–H and O–H groups in total. The van der Waals surface area contributed by atoms with Gasteiger partial charge in [0.05, 0.1) is 12.5 Å². The number of thiol groups is 1. The van der Waals surface area contributed by atoms with E-state index in [1.165, 1.54) is 10.1 Å². The highest BCUT2D eigenvalue weighted by Gasteiger charge is 2.09. The van der Waals surface area contributed by atoms with Gasteiger partial charge in [-0.2, -0.15) is 5.26 Å². The molecule has 0 aliphatic rings. The predicted octanol–water partition coefficient (Wildman–Crippen LogP) is 3.86. The zero-order valence-corrected chi connectivity index (χ0v) is 11.0. The monoisotopic (exact) mass is 331 g/mol. The Morgan fingerprint density at radius 3 is 3.07 bits per heavy atom. The van der Waals surface area contributed by atoms with Crippen LogP contribution in [0.4, 0.5) is 0 Å². The van der Waals surface area contributed by atoms with Crippen LogP contribution in [0.5, 0.6) is 0 Å². The Hall–Kier alpha value is -0.250. The normalized spacial score (nSPS) is 10.4. The first-order valence-corrected chi connectivity index (χ1v) is 6.39. The number of hydrogen-bond acceptors (Lipinski definition) is 3. The van der Waals surface area contributed by atoms with Crippen LogP contribution in [-0.2, 0) is 6.42 Å². The molecule has 1 heterocycles. The smallest absolute Gasteiger partial charge is 0.0670 e. The van der Waals surface area contributed by atoms with E-state index in [1.54, 1.807) is 11.3 Å². The molecular weight excluding hydrogens is 325 g/mol. The van der Waals surface area contributed by atoms with Gasteiger partial charge in [-0.15, -0.1) is 24.0 Å². The number of nitrogens with zero attached hydrogens (tertiary/aromatic N) is 1. The summed E-state index contributed by atoms with van der Waals surface area (Å²) >= 11 is 8.40. The van der Waals surface area contributed by atoms with Crippen LogP contribution in [0.1, 0.15) is 5.56 Å². The molecule has 0 bridgehead atoms. The van der Waals surface area contributed by atoms with E-state index in [0.29, 0.717) is 6.42 Å². The molecule has 2 aromatic rings. The number of nitriles is 1. The van der Waals surface area contributed by atoms with Crippen molar-refractivity contribution in [2.75, 3.05) is 0 Å². The molecule has 1 nitrogen and oxygen atoms in total. The fourth-order valence-corrected chi connectivity index (χ4v) is 3.94. The van der Waals surface area contributed by atoms with Gasteiger partial charge in [0, 0.05) is 18.6 Å². The summed E-state index contributed by atoms with van der Waals surface area (Å²) in [7, 11) is 0. The van der Waals surface area contributed by atoms with Crippen molar-refractivity contribution in [2.24, 2.45) is 0 Å². The van der Waals surface area contributed by atoms with Crippen LogP contribution in [0.15, 0.2) is 22.4 Å². The largest absolute Gasteiger partial charge is 0.198 e.